The summed E-state index contributed by atoms with van der Waals surface area (Å²) >= 11 is 0. The van der Waals surface area contributed by atoms with Crippen molar-refractivity contribution in [2.24, 2.45) is 5.92 Å². The van der Waals surface area contributed by atoms with E-state index in [9.17, 15) is 4.79 Å². The molecule has 1 atom stereocenters. The summed E-state index contributed by atoms with van der Waals surface area (Å²) in [5, 5.41) is 3.08. The molecule has 1 fully saturated rings. The van der Waals surface area contributed by atoms with E-state index in [1.807, 2.05) is 11.9 Å². The molecule has 1 rings (SSSR count). The highest BCUT2D eigenvalue weighted by Gasteiger charge is 2.23. The van der Waals surface area contributed by atoms with Crippen molar-refractivity contribution in [2.75, 3.05) is 33.3 Å². The van der Waals surface area contributed by atoms with Crippen LogP contribution in [0, 0.1) is 5.92 Å². The molecule has 1 saturated heterocycles. The number of morpholine rings is 1. The van der Waals surface area contributed by atoms with Crippen LogP contribution in [0.4, 0.5) is 0 Å². The Balaban J connectivity index is 2.32. The summed E-state index contributed by atoms with van der Waals surface area (Å²) in [7, 11) is 1.91. The molecule has 0 bridgehead atoms. The van der Waals surface area contributed by atoms with Gasteiger partial charge in [0.2, 0.25) is 5.91 Å². The Morgan fingerprint density at radius 3 is 2.94 bits per heavy atom. The van der Waals surface area contributed by atoms with Crippen molar-refractivity contribution < 1.29 is 9.53 Å². The Morgan fingerprint density at radius 2 is 2.31 bits per heavy atom. The number of hydrogen-bond acceptors (Lipinski definition) is 3. The van der Waals surface area contributed by atoms with Crippen LogP contribution < -0.4 is 5.32 Å². The van der Waals surface area contributed by atoms with E-state index in [0.29, 0.717) is 18.9 Å². The minimum Gasteiger partial charge on any atom is -0.373 e. The number of carbonyl (C=O) groups is 1. The SMILES string of the molecule is CNCC1CN(C(=O)CCC(C)C)CCO1. The van der Waals surface area contributed by atoms with Crippen LogP contribution in [0.3, 0.4) is 0 Å². The number of carbonyl (C=O) groups excluding carboxylic acids is 1. The van der Waals surface area contributed by atoms with E-state index in [1.54, 1.807) is 0 Å². The van der Waals surface area contributed by atoms with Gasteiger partial charge in [-0.3, -0.25) is 4.79 Å². The number of amides is 1. The van der Waals surface area contributed by atoms with Gasteiger partial charge < -0.3 is 15.0 Å². The van der Waals surface area contributed by atoms with Gasteiger partial charge in [-0.25, -0.2) is 0 Å². The molecule has 1 unspecified atom stereocenters. The zero-order valence-electron chi connectivity index (χ0n) is 10.7. The smallest absolute Gasteiger partial charge is 0.222 e. The maximum atomic E-state index is 11.9. The zero-order chi connectivity index (χ0) is 12.0. The van der Waals surface area contributed by atoms with Crippen LogP contribution in [-0.2, 0) is 9.53 Å². The molecule has 1 amide bonds. The van der Waals surface area contributed by atoms with Gasteiger partial charge in [0.25, 0.3) is 0 Å². The molecule has 94 valence electrons. The molecule has 1 heterocycles. The van der Waals surface area contributed by atoms with E-state index in [0.717, 1.165) is 26.1 Å². The van der Waals surface area contributed by atoms with Gasteiger partial charge in [0.05, 0.1) is 12.7 Å². The normalized spacial score (nSPS) is 21.5. The topological polar surface area (TPSA) is 41.6 Å². The van der Waals surface area contributed by atoms with Crippen molar-refractivity contribution in [3.05, 3.63) is 0 Å². The highest BCUT2D eigenvalue weighted by atomic mass is 16.5. The Hall–Kier alpha value is -0.610. The first-order valence-corrected chi connectivity index (χ1v) is 6.17. The van der Waals surface area contributed by atoms with Crippen LogP contribution in [0.2, 0.25) is 0 Å². The molecule has 4 heteroatoms. The van der Waals surface area contributed by atoms with E-state index < -0.39 is 0 Å². The summed E-state index contributed by atoms with van der Waals surface area (Å²) in [5.74, 6) is 0.871. The molecule has 16 heavy (non-hydrogen) atoms. The molecule has 1 aliphatic heterocycles. The number of hydrogen-bond donors (Lipinski definition) is 1. The van der Waals surface area contributed by atoms with Gasteiger partial charge >= 0.3 is 0 Å². The molecule has 1 N–H and O–H groups in total. The average Bonchev–Trinajstić information content (AvgIpc) is 2.26. The lowest BCUT2D eigenvalue weighted by molar-refractivity contribution is -0.138. The average molecular weight is 228 g/mol. The Labute approximate surface area is 98.3 Å². The molecule has 0 aromatic heterocycles. The zero-order valence-corrected chi connectivity index (χ0v) is 10.7. The lowest BCUT2D eigenvalue weighted by Gasteiger charge is -2.33. The summed E-state index contributed by atoms with van der Waals surface area (Å²) in [5.41, 5.74) is 0. The third kappa shape index (κ3) is 4.49. The minimum atomic E-state index is 0.154. The van der Waals surface area contributed by atoms with Crippen molar-refractivity contribution in [1.29, 1.82) is 0 Å². The largest absolute Gasteiger partial charge is 0.373 e. The lowest BCUT2D eigenvalue weighted by atomic mass is 10.1. The van der Waals surface area contributed by atoms with Crippen LogP contribution in [0.1, 0.15) is 26.7 Å². The highest BCUT2D eigenvalue weighted by Crippen LogP contribution is 2.10. The summed E-state index contributed by atoms with van der Waals surface area (Å²) in [6, 6.07) is 0. The van der Waals surface area contributed by atoms with Crippen LogP contribution in [0.15, 0.2) is 0 Å². The second-order valence-corrected chi connectivity index (χ2v) is 4.82. The van der Waals surface area contributed by atoms with E-state index in [2.05, 4.69) is 19.2 Å². The number of nitrogens with one attached hydrogen (secondary N) is 1. The monoisotopic (exact) mass is 228 g/mol. The minimum absolute atomic E-state index is 0.154. The number of ether oxygens (including phenoxy) is 1. The number of rotatable bonds is 5. The first kappa shape index (κ1) is 13.5. The maximum absolute atomic E-state index is 11.9. The van der Waals surface area contributed by atoms with Crippen molar-refractivity contribution >= 4 is 5.91 Å². The van der Waals surface area contributed by atoms with Gasteiger partial charge in [0, 0.05) is 26.1 Å². The molecular weight excluding hydrogens is 204 g/mol. The lowest BCUT2D eigenvalue weighted by Crippen LogP contribution is -2.48. The van der Waals surface area contributed by atoms with Crippen molar-refractivity contribution in [2.45, 2.75) is 32.8 Å². The molecule has 0 aromatic rings. The van der Waals surface area contributed by atoms with E-state index in [4.69, 9.17) is 4.74 Å². The summed E-state index contributed by atoms with van der Waals surface area (Å²) in [6.07, 6.45) is 1.80. The van der Waals surface area contributed by atoms with Gasteiger partial charge in [-0.2, -0.15) is 0 Å². The quantitative estimate of drug-likeness (QED) is 0.759. The first-order chi connectivity index (χ1) is 7.63. The van der Waals surface area contributed by atoms with Gasteiger partial charge in [0.1, 0.15) is 0 Å². The molecule has 0 aliphatic carbocycles. The second kappa shape index (κ2) is 6.86. The van der Waals surface area contributed by atoms with E-state index in [-0.39, 0.29) is 12.0 Å². The highest BCUT2D eigenvalue weighted by molar-refractivity contribution is 5.76. The van der Waals surface area contributed by atoms with Crippen LogP contribution >= 0.6 is 0 Å². The Morgan fingerprint density at radius 1 is 1.56 bits per heavy atom. The molecule has 0 spiro atoms. The predicted octanol–water partition coefficient (Wildman–Crippen LogP) is 0.869. The molecule has 1 aliphatic rings. The fraction of sp³-hybridized carbons (Fsp3) is 0.917. The van der Waals surface area contributed by atoms with Gasteiger partial charge in [-0.1, -0.05) is 13.8 Å². The second-order valence-electron chi connectivity index (χ2n) is 4.82. The molecule has 0 radical (unpaired) electrons. The van der Waals surface area contributed by atoms with Crippen LogP contribution in [0.5, 0.6) is 0 Å². The third-order valence-electron chi connectivity index (χ3n) is 2.86. The summed E-state index contributed by atoms with van der Waals surface area (Å²) in [6.45, 7) is 7.26. The summed E-state index contributed by atoms with van der Waals surface area (Å²) < 4.78 is 5.57. The molecule has 0 aromatic carbocycles. The fourth-order valence-electron chi connectivity index (χ4n) is 1.87. The van der Waals surface area contributed by atoms with E-state index >= 15 is 0 Å². The van der Waals surface area contributed by atoms with E-state index in [1.165, 1.54) is 0 Å². The number of nitrogens with zero attached hydrogens (tertiary/aromatic N) is 1. The predicted molar refractivity (Wildman–Crippen MR) is 64.3 cm³/mol. The first-order valence-electron chi connectivity index (χ1n) is 6.17. The van der Waals surface area contributed by atoms with Gasteiger partial charge in [-0.15, -0.1) is 0 Å². The van der Waals surface area contributed by atoms with Crippen molar-refractivity contribution in [3.8, 4) is 0 Å². The molecule has 0 saturated carbocycles. The summed E-state index contributed by atoms with van der Waals surface area (Å²) in [4.78, 5) is 13.8. The van der Waals surface area contributed by atoms with Crippen molar-refractivity contribution in [1.82, 2.24) is 10.2 Å². The van der Waals surface area contributed by atoms with Gasteiger partial charge in [-0.05, 0) is 19.4 Å². The standard InChI is InChI=1S/C12H24N2O2/c1-10(2)4-5-12(15)14-6-7-16-11(9-14)8-13-3/h10-11,13H,4-9H2,1-3H3. The maximum Gasteiger partial charge on any atom is 0.222 e. The van der Waals surface area contributed by atoms with Crippen molar-refractivity contribution in [3.63, 3.8) is 0 Å². The third-order valence-corrected chi connectivity index (χ3v) is 2.86. The Bertz CT molecular complexity index is 217. The van der Waals surface area contributed by atoms with Crippen LogP contribution in [-0.4, -0.2) is 50.2 Å². The number of likely N-dealkylation sites (N-methyl/N-ethyl adjacent to an activating group) is 1. The van der Waals surface area contributed by atoms with Crippen LogP contribution in [0.25, 0.3) is 0 Å². The molecular formula is C12H24N2O2. The van der Waals surface area contributed by atoms with Gasteiger partial charge in [0.15, 0.2) is 0 Å². The Kier molecular flexibility index (Phi) is 5.77. The fourth-order valence-corrected chi connectivity index (χ4v) is 1.87. The molecule has 4 nitrogen and oxygen atoms in total.